The maximum absolute atomic E-state index is 12.8. The fourth-order valence-electron chi connectivity index (χ4n) is 4.75. The zero-order valence-electron chi connectivity index (χ0n) is 15.3. The van der Waals surface area contributed by atoms with E-state index >= 15 is 0 Å². The summed E-state index contributed by atoms with van der Waals surface area (Å²) in [6.45, 7) is 5.96. The van der Waals surface area contributed by atoms with Gasteiger partial charge in [0.05, 0.1) is 25.3 Å². The molecule has 2 atom stereocenters. The van der Waals surface area contributed by atoms with E-state index in [1.54, 1.807) is 0 Å². The Morgan fingerprint density at radius 2 is 1.96 bits per heavy atom. The monoisotopic (exact) mass is 356 g/mol. The molecule has 2 unspecified atom stereocenters. The quantitative estimate of drug-likeness (QED) is 0.742. The highest BCUT2D eigenvalue weighted by molar-refractivity contribution is 5.97. The molecule has 0 radical (unpaired) electrons. The Hall–Kier alpha value is -1.66. The lowest BCUT2D eigenvalue weighted by Crippen LogP contribution is -2.45. The first-order valence-corrected chi connectivity index (χ1v) is 10.1. The molecule has 140 valence electrons. The highest BCUT2D eigenvalue weighted by Gasteiger charge is 2.38. The third-order valence-electron chi connectivity index (χ3n) is 6.55. The summed E-state index contributed by atoms with van der Waals surface area (Å²) >= 11 is 0. The third kappa shape index (κ3) is 2.89. The van der Waals surface area contributed by atoms with Gasteiger partial charge in [-0.25, -0.2) is 0 Å². The van der Waals surface area contributed by atoms with Crippen LogP contribution in [-0.4, -0.2) is 90.5 Å². The average Bonchev–Trinajstić information content (AvgIpc) is 2.86. The molecule has 3 fully saturated rings. The van der Waals surface area contributed by atoms with Crippen molar-refractivity contribution in [1.29, 1.82) is 0 Å². The van der Waals surface area contributed by atoms with E-state index in [1.165, 1.54) is 25.1 Å². The lowest BCUT2D eigenvalue weighted by atomic mass is 9.91. The number of aliphatic imine (C=N–C) groups is 1. The van der Waals surface area contributed by atoms with E-state index in [-0.39, 0.29) is 18.0 Å². The highest BCUT2D eigenvalue weighted by atomic mass is 16.5. The summed E-state index contributed by atoms with van der Waals surface area (Å²) in [4.78, 5) is 24.8. The van der Waals surface area contributed by atoms with Crippen molar-refractivity contribution in [3.05, 3.63) is 23.8 Å². The SMILES string of the molecule is O=C(C1=CC2C(C=C1)N=C1CCN(C3CCC3)CCN12)N1CCOCC1. The van der Waals surface area contributed by atoms with Gasteiger partial charge < -0.3 is 14.5 Å². The molecule has 3 heterocycles. The van der Waals surface area contributed by atoms with Gasteiger partial charge in [0.1, 0.15) is 5.84 Å². The molecule has 0 aromatic rings. The van der Waals surface area contributed by atoms with Crippen molar-refractivity contribution in [2.45, 2.75) is 43.8 Å². The van der Waals surface area contributed by atoms with Crippen LogP contribution in [0.4, 0.5) is 0 Å². The van der Waals surface area contributed by atoms with Gasteiger partial charge in [0.15, 0.2) is 0 Å². The molecule has 2 saturated heterocycles. The van der Waals surface area contributed by atoms with Gasteiger partial charge in [0.2, 0.25) is 0 Å². The number of morpholine rings is 1. The summed E-state index contributed by atoms with van der Waals surface area (Å²) in [5.41, 5.74) is 0.824. The summed E-state index contributed by atoms with van der Waals surface area (Å²) in [6.07, 6.45) is 11.4. The van der Waals surface area contributed by atoms with Gasteiger partial charge in [-0.3, -0.25) is 14.7 Å². The lowest BCUT2D eigenvalue weighted by Gasteiger charge is -2.37. The van der Waals surface area contributed by atoms with Crippen molar-refractivity contribution in [1.82, 2.24) is 14.7 Å². The molecule has 5 rings (SSSR count). The Balaban J connectivity index is 1.30. The van der Waals surface area contributed by atoms with E-state index in [9.17, 15) is 4.79 Å². The minimum atomic E-state index is 0.141. The number of hydrogen-bond donors (Lipinski definition) is 0. The molecular weight excluding hydrogens is 328 g/mol. The molecule has 5 aliphatic rings. The number of amidine groups is 1. The van der Waals surface area contributed by atoms with Crippen LogP contribution in [0.1, 0.15) is 25.7 Å². The molecule has 3 aliphatic heterocycles. The number of nitrogens with zero attached hydrogens (tertiary/aromatic N) is 4. The topological polar surface area (TPSA) is 48.4 Å². The van der Waals surface area contributed by atoms with Crippen molar-refractivity contribution in [2.24, 2.45) is 4.99 Å². The summed E-state index contributed by atoms with van der Waals surface area (Å²) in [5.74, 6) is 1.38. The second-order valence-corrected chi connectivity index (χ2v) is 7.98. The Morgan fingerprint density at radius 1 is 1.12 bits per heavy atom. The second-order valence-electron chi connectivity index (χ2n) is 7.98. The number of carbonyl (C=O) groups is 1. The van der Waals surface area contributed by atoms with Gasteiger partial charge in [-0.2, -0.15) is 0 Å². The van der Waals surface area contributed by atoms with Crippen molar-refractivity contribution in [2.75, 3.05) is 45.9 Å². The first-order valence-electron chi connectivity index (χ1n) is 10.1. The maximum Gasteiger partial charge on any atom is 0.253 e. The molecule has 0 aromatic heterocycles. The fourth-order valence-corrected chi connectivity index (χ4v) is 4.75. The van der Waals surface area contributed by atoms with E-state index in [2.05, 4.69) is 22.0 Å². The van der Waals surface area contributed by atoms with Crippen molar-refractivity contribution < 1.29 is 9.53 Å². The Morgan fingerprint density at radius 3 is 2.73 bits per heavy atom. The molecule has 0 N–H and O–H groups in total. The normalized spacial score (nSPS) is 32.3. The van der Waals surface area contributed by atoms with Crippen LogP contribution in [0.5, 0.6) is 0 Å². The Kier molecular flexibility index (Phi) is 4.33. The molecule has 1 saturated carbocycles. The second kappa shape index (κ2) is 6.82. The fraction of sp³-hybridized carbons (Fsp3) is 0.700. The molecule has 1 amide bonds. The van der Waals surface area contributed by atoms with Gasteiger partial charge in [-0.1, -0.05) is 18.6 Å². The standard InChI is InChI=1S/C20H28N4O2/c25-20(23-10-12-26-13-11-23)15-4-5-17-18(14-15)24-9-8-22(16-2-1-3-16)7-6-19(24)21-17/h4-5,14,16-18H,1-3,6-13H2. The van der Waals surface area contributed by atoms with Gasteiger partial charge in [0, 0.05) is 50.8 Å². The van der Waals surface area contributed by atoms with E-state index in [4.69, 9.17) is 9.73 Å². The summed E-state index contributed by atoms with van der Waals surface area (Å²) in [7, 11) is 0. The molecule has 6 heteroatoms. The number of hydrogen-bond acceptors (Lipinski definition) is 5. The average molecular weight is 356 g/mol. The zero-order chi connectivity index (χ0) is 17.5. The molecular formula is C20H28N4O2. The van der Waals surface area contributed by atoms with Gasteiger partial charge in [-0.15, -0.1) is 0 Å². The first-order chi connectivity index (χ1) is 12.8. The van der Waals surface area contributed by atoms with Crippen LogP contribution in [0.3, 0.4) is 0 Å². The minimum Gasteiger partial charge on any atom is -0.378 e. The molecule has 0 spiro atoms. The number of fused-ring (bicyclic) bond motifs is 3. The first kappa shape index (κ1) is 16.5. The van der Waals surface area contributed by atoms with Crippen LogP contribution in [0.15, 0.2) is 28.8 Å². The van der Waals surface area contributed by atoms with Crippen LogP contribution in [0.2, 0.25) is 0 Å². The van der Waals surface area contributed by atoms with E-state index in [0.717, 1.165) is 37.7 Å². The summed E-state index contributed by atoms with van der Waals surface area (Å²) in [6, 6.07) is 1.20. The third-order valence-corrected chi connectivity index (χ3v) is 6.55. The molecule has 0 aromatic carbocycles. The predicted molar refractivity (Wildman–Crippen MR) is 100 cm³/mol. The van der Waals surface area contributed by atoms with Crippen LogP contribution < -0.4 is 0 Å². The van der Waals surface area contributed by atoms with Gasteiger partial charge in [0.25, 0.3) is 5.91 Å². The van der Waals surface area contributed by atoms with Gasteiger partial charge >= 0.3 is 0 Å². The molecule has 2 aliphatic carbocycles. The number of rotatable bonds is 2. The molecule has 26 heavy (non-hydrogen) atoms. The predicted octanol–water partition coefficient (Wildman–Crippen LogP) is 1.05. The Bertz CT molecular complexity index is 661. The summed E-state index contributed by atoms with van der Waals surface area (Å²) in [5, 5.41) is 0. The van der Waals surface area contributed by atoms with Crippen LogP contribution in [0.25, 0.3) is 0 Å². The van der Waals surface area contributed by atoms with Gasteiger partial charge in [-0.05, 0) is 18.9 Å². The number of carbonyl (C=O) groups excluding carboxylic acids is 1. The number of ether oxygens (including phenoxy) is 1. The molecule has 0 bridgehead atoms. The van der Waals surface area contributed by atoms with Crippen LogP contribution >= 0.6 is 0 Å². The largest absolute Gasteiger partial charge is 0.378 e. The van der Waals surface area contributed by atoms with E-state index in [0.29, 0.717) is 26.3 Å². The molecule has 6 nitrogen and oxygen atoms in total. The number of amides is 1. The lowest BCUT2D eigenvalue weighted by molar-refractivity contribution is -0.130. The van der Waals surface area contributed by atoms with Crippen LogP contribution in [0, 0.1) is 0 Å². The smallest absolute Gasteiger partial charge is 0.253 e. The van der Waals surface area contributed by atoms with Crippen molar-refractivity contribution in [3.8, 4) is 0 Å². The van der Waals surface area contributed by atoms with Crippen molar-refractivity contribution in [3.63, 3.8) is 0 Å². The van der Waals surface area contributed by atoms with E-state index < -0.39 is 0 Å². The summed E-state index contributed by atoms with van der Waals surface area (Å²) < 4.78 is 5.37. The maximum atomic E-state index is 12.8. The minimum absolute atomic E-state index is 0.141. The zero-order valence-corrected chi connectivity index (χ0v) is 15.3. The van der Waals surface area contributed by atoms with E-state index in [1.807, 2.05) is 11.0 Å². The van der Waals surface area contributed by atoms with Crippen molar-refractivity contribution >= 4 is 11.7 Å². The van der Waals surface area contributed by atoms with Crippen LogP contribution in [-0.2, 0) is 9.53 Å². The highest BCUT2D eigenvalue weighted by Crippen LogP contribution is 2.31. The Labute approximate surface area is 155 Å².